The van der Waals surface area contributed by atoms with Crippen molar-refractivity contribution in [3.05, 3.63) is 18.0 Å². The molecule has 0 spiro atoms. The maximum atomic E-state index is 12.9. The molecule has 1 unspecified atom stereocenters. The number of amides is 1. The van der Waals surface area contributed by atoms with E-state index in [-0.39, 0.29) is 5.91 Å². The molecule has 1 aliphatic heterocycles. The number of carbonyl (C=O) groups is 1. The van der Waals surface area contributed by atoms with Crippen LogP contribution < -0.4 is 5.32 Å². The van der Waals surface area contributed by atoms with Gasteiger partial charge in [0.15, 0.2) is 0 Å². The molecule has 5 heteroatoms. The number of hydrogen-bond acceptors (Lipinski definition) is 3. The summed E-state index contributed by atoms with van der Waals surface area (Å²) in [6.07, 6.45) is 11.2. The highest BCUT2D eigenvalue weighted by atomic mass is 16.2. The third-order valence-corrected chi connectivity index (χ3v) is 4.82. The van der Waals surface area contributed by atoms with Crippen LogP contribution >= 0.6 is 0 Å². The Kier molecular flexibility index (Phi) is 8.29. The standard InChI is InChI=1S/C19H34N4O/c1-3-5-7-13-22(14-8-6-4-2)19(24)18-11-15-23(21-18)17-10-9-12-20-16-17/h11,15,17,20H,3-10,12-14,16H2,1-2H3. The van der Waals surface area contributed by atoms with E-state index < -0.39 is 0 Å². The quantitative estimate of drug-likeness (QED) is 0.665. The highest BCUT2D eigenvalue weighted by Gasteiger charge is 2.21. The molecule has 136 valence electrons. The molecule has 1 aromatic rings. The van der Waals surface area contributed by atoms with Gasteiger partial charge in [-0.05, 0) is 38.3 Å². The van der Waals surface area contributed by atoms with E-state index in [1.807, 2.05) is 21.8 Å². The summed E-state index contributed by atoms with van der Waals surface area (Å²) in [5, 5.41) is 8.00. The smallest absolute Gasteiger partial charge is 0.274 e. The van der Waals surface area contributed by atoms with Gasteiger partial charge < -0.3 is 10.2 Å². The van der Waals surface area contributed by atoms with Gasteiger partial charge in [-0.1, -0.05) is 39.5 Å². The lowest BCUT2D eigenvalue weighted by Crippen LogP contribution is -2.34. The predicted molar refractivity (Wildman–Crippen MR) is 98.3 cm³/mol. The van der Waals surface area contributed by atoms with E-state index >= 15 is 0 Å². The fourth-order valence-electron chi connectivity index (χ4n) is 3.30. The summed E-state index contributed by atoms with van der Waals surface area (Å²) in [6.45, 7) is 8.15. The van der Waals surface area contributed by atoms with Gasteiger partial charge in [-0.3, -0.25) is 9.48 Å². The van der Waals surface area contributed by atoms with Gasteiger partial charge >= 0.3 is 0 Å². The summed E-state index contributed by atoms with van der Waals surface area (Å²) in [4.78, 5) is 14.9. The van der Waals surface area contributed by atoms with Crippen LogP contribution in [0.4, 0.5) is 0 Å². The summed E-state index contributed by atoms with van der Waals surface area (Å²) in [5.74, 6) is 0.102. The number of rotatable bonds is 10. The van der Waals surface area contributed by atoms with Crippen molar-refractivity contribution in [1.82, 2.24) is 20.0 Å². The Morgan fingerprint density at radius 2 is 1.96 bits per heavy atom. The van der Waals surface area contributed by atoms with Crippen LogP contribution in [0.2, 0.25) is 0 Å². The molecule has 1 aliphatic rings. The van der Waals surface area contributed by atoms with Crippen molar-refractivity contribution in [3.63, 3.8) is 0 Å². The largest absolute Gasteiger partial charge is 0.337 e. The first-order valence-corrected chi connectivity index (χ1v) is 9.81. The first kappa shape index (κ1) is 19.0. The fourth-order valence-corrected chi connectivity index (χ4v) is 3.30. The minimum Gasteiger partial charge on any atom is -0.337 e. The molecule has 0 aromatic carbocycles. The monoisotopic (exact) mass is 334 g/mol. The highest BCUT2D eigenvalue weighted by Crippen LogP contribution is 2.16. The molecule has 1 aromatic heterocycles. The first-order valence-electron chi connectivity index (χ1n) is 9.81. The Bertz CT molecular complexity index is 469. The van der Waals surface area contributed by atoms with Crippen LogP contribution in [0.3, 0.4) is 0 Å². The van der Waals surface area contributed by atoms with E-state index in [4.69, 9.17) is 0 Å². The van der Waals surface area contributed by atoms with E-state index in [1.165, 1.54) is 32.1 Å². The van der Waals surface area contributed by atoms with Gasteiger partial charge in [0.25, 0.3) is 5.91 Å². The molecule has 5 nitrogen and oxygen atoms in total. The molecule has 0 radical (unpaired) electrons. The highest BCUT2D eigenvalue weighted by molar-refractivity contribution is 5.92. The van der Waals surface area contributed by atoms with Gasteiger partial charge in [0.2, 0.25) is 0 Å². The molecule has 1 amide bonds. The van der Waals surface area contributed by atoms with Crippen LogP contribution in [0.1, 0.15) is 81.7 Å². The van der Waals surface area contributed by atoms with E-state index in [0.29, 0.717) is 11.7 Å². The summed E-state index contributed by atoms with van der Waals surface area (Å²) in [6, 6.07) is 2.28. The number of hydrogen-bond donors (Lipinski definition) is 1. The van der Waals surface area contributed by atoms with Gasteiger partial charge in [-0.25, -0.2) is 0 Å². The molecule has 0 saturated carbocycles. The van der Waals surface area contributed by atoms with Gasteiger partial charge in [-0.15, -0.1) is 0 Å². The lowest BCUT2D eigenvalue weighted by Gasteiger charge is -2.23. The van der Waals surface area contributed by atoms with Crippen molar-refractivity contribution < 1.29 is 4.79 Å². The number of piperidine rings is 1. The van der Waals surface area contributed by atoms with Crippen LogP contribution in [0.5, 0.6) is 0 Å². The molecule has 1 saturated heterocycles. The number of nitrogens with one attached hydrogen (secondary N) is 1. The Morgan fingerprint density at radius 3 is 2.54 bits per heavy atom. The van der Waals surface area contributed by atoms with Crippen LogP contribution in [-0.2, 0) is 0 Å². The zero-order valence-electron chi connectivity index (χ0n) is 15.5. The van der Waals surface area contributed by atoms with Gasteiger partial charge in [0, 0.05) is 25.8 Å². The maximum Gasteiger partial charge on any atom is 0.274 e. The minimum absolute atomic E-state index is 0.102. The van der Waals surface area contributed by atoms with Crippen LogP contribution in [0.15, 0.2) is 12.3 Å². The minimum atomic E-state index is 0.102. The zero-order chi connectivity index (χ0) is 17.2. The van der Waals surface area contributed by atoms with Crippen molar-refractivity contribution in [2.45, 2.75) is 71.3 Å². The van der Waals surface area contributed by atoms with E-state index in [1.54, 1.807) is 0 Å². The second kappa shape index (κ2) is 10.5. The van der Waals surface area contributed by atoms with Crippen molar-refractivity contribution >= 4 is 5.91 Å². The van der Waals surface area contributed by atoms with Crippen LogP contribution in [-0.4, -0.2) is 46.8 Å². The average molecular weight is 335 g/mol. The first-order chi connectivity index (χ1) is 11.8. The molecular formula is C19H34N4O. The fraction of sp³-hybridized carbons (Fsp3) is 0.789. The van der Waals surface area contributed by atoms with E-state index in [2.05, 4.69) is 24.3 Å². The maximum absolute atomic E-state index is 12.9. The van der Waals surface area contributed by atoms with Crippen molar-refractivity contribution in [2.75, 3.05) is 26.2 Å². The summed E-state index contributed by atoms with van der Waals surface area (Å²) < 4.78 is 1.98. The number of nitrogens with zero attached hydrogens (tertiary/aromatic N) is 3. The Labute approximate surface area is 146 Å². The van der Waals surface area contributed by atoms with Gasteiger partial charge in [0.1, 0.15) is 5.69 Å². The lowest BCUT2D eigenvalue weighted by atomic mass is 10.1. The molecule has 1 fully saturated rings. The third kappa shape index (κ3) is 5.62. The normalized spacial score (nSPS) is 17.8. The van der Waals surface area contributed by atoms with Crippen molar-refractivity contribution in [3.8, 4) is 0 Å². The Hall–Kier alpha value is -1.36. The Morgan fingerprint density at radius 1 is 1.25 bits per heavy atom. The summed E-state index contributed by atoms with van der Waals surface area (Å²) >= 11 is 0. The number of carbonyl (C=O) groups excluding carboxylic acids is 1. The lowest BCUT2D eigenvalue weighted by molar-refractivity contribution is 0.0742. The molecule has 0 aliphatic carbocycles. The molecule has 0 bridgehead atoms. The molecule has 2 rings (SSSR count). The summed E-state index contributed by atoms with van der Waals surface area (Å²) in [5.41, 5.74) is 0.605. The summed E-state index contributed by atoms with van der Waals surface area (Å²) in [7, 11) is 0. The average Bonchev–Trinajstić information content (AvgIpc) is 3.11. The SMILES string of the molecule is CCCCCN(CCCCC)C(=O)c1ccn(C2CCCNC2)n1. The molecule has 24 heavy (non-hydrogen) atoms. The van der Waals surface area contributed by atoms with Crippen LogP contribution in [0.25, 0.3) is 0 Å². The van der Waals surface area contributed by atoms with E-state index in [9.17, 15) is 4.79 Å². The molecular weight excluding hydrogens is 300 g/mol. The topological polar surface area (TPSA) is 50.2 Å². The second-order valence-corrected chi connectivity index (χ2v) is 6.89. The molecule has 1 N–H and O–H groups in total. The van der Waals surface area contributed by atoms with E-state index in [0.717, 1.165) is 45.4 Å². The van der Waals surface area contributed by atoms with Crippen LogP contribution in [0, 0.1) is 0 Å². The second-order valence-electron chi connectivity index (χ2n) is 6.89. The Balaban J connectivity index is 1.97. The van der Waals surface area contributed by atoms with Crippen molar-refractivity contribution in [1.29, 1.82) is 0 Å². The third-order valence-electron chi connectivity index (χ3n) is 4.82. The number of aromatic nitrogens is 2. The van der Waals surface area contributed by atoms with Crippen molar-refractivity contribution in [2.24, 2.45) is 0 Å². The number of unbranched alkanes of at least 4 members (excludes halogenated alkanes) is 4. The molecule has 2 heterocycles. The van der Waals surface area contributed by atoms with Gasteiger partial charge in [0.05, 0.1) is 6.04 Å². The van der Waals surface area contributed by atoms with Gasteiger partial charge in [-0.2, -0.15) is 5.10 Å². The zero-order valence-corrected chi connectivity index (χ0v) is 15.5. The predicted octanol–water partition coefficient (Wildman–Crippen LogP) is 3.63. The molecule has 1 atom stereocenters.